The Hall–Kier alpha value is -0.900. The van der Waals surface area contributed by atoms with Crippen molar-refractivity contribution in [2.45, 2.75) is 52.0 Å². The van der Waals surface area contributed by atoms with Gasteiger partial charge in [0.2, 0.25) is 5.89 Å². The summed E-state index contributed by atoms with van der Waals surface area (Å²) in [5.41, 5.74) is 0. The van der Waals surface area contributed by atoms with Gasteiger partial charge in [-0.15, -0.1) is 0 Å². The van der Waals surface area contributed by atoms with Gasteiger partial charge in [0.15, 0.2) is 5.82 Å². The molecule has 2 aliphatic rings. The van der Waals surface area contributed by atoms with Crippen molar-refractivity contribution < 1.29 is 4.52 Å². The van der Waals surface area contributed by atoms with Gasteiger partial charge < -0.3 is 4.52 Å². The summed E-state index contributed by atoms with van der Waals surface area (Å²) in [6.45, 7) is 9.14. The van der Waals surface area contributed by atoms with E-state index in [0.29, 0.717) is 5.92 Å². The standard InChI is InChI=1S/C14H23N3O/c1-9-6-10(2)8-17(7-9)11(3)14-15-13(16-18-14)12-4-5-12/h9-12H,4-8H2,1-3H3. The van der Waals surface area contributed by atoms with Gasteiger partial charge in [-0.3, -0.25) is 4.90 Å². The fourth-order valence-electron chi connectivity index (χ4n) is 3.11. The summed E-state index contributed by atoms with van der Waals surface area (Å²) >= 11 is 0. The van der Waals surface area contributed by atoms with E-state index in [0.717, 1.165) is 36.6 Å². The molecule has 3 unspecified atom stereocenters. The van der Waals surface area contributed by atoms with Gasteiger partial charge in [-0.25, -0.2) is 0 Å². The second-order valence-electron chi connectivity index (χ2n) is 6.34. The Kier molecular flexibility index (Phi) is 3.14. The molecule has 2 fully saturated rings. The van der Waals surface area contributed by atoms with Crippen LogP contribution in [-0.2, 0) is 0 Å². The first-order valence-corrected chi connectivity index (χ1v) is 7.21. The zero-order chi connectivity index (χ0) is 12.7. The van der Waals surface area contributed by atoms with Crippen molar-refractivity contribution in [1.29, 1.82) is 0 Å². The van der Waals surface area contributed by atoms with Crippen LogP contribution in [0.1, 0.15) is 63.7 Å². The molecule has 0 spiro atoms. The van der Waals surface area contributed by atoms with Gasteiger partial charge in [-0.2, -0.15) is 4.98 Å². The SMILES string of the molecule is CC1CC(C)CN(C(C)c2nc(C3CC3)no2)C1. The first-order chi connectivity index (χ1) is 8.63. The molecular weight excluding hydrogens is 226 g/mol. The normalized spacial score (nSPS) is 31.5. The van der Waals surface area contributed by atoms with Crippen LogP contribution < -0.4 is 0 Å². The predicted molar refractivity (Wildman–Crippen MR) is 69.2 cm³/mol. The van der Waals surface area contributed by atoms with Crippen molar-refractivity contribution in [3.63, 3.8) is 0 Å². The van der Waals surface area contributed by atoms with Gasteiger partial charge in [0.25, 0.3) is 0 Å². The highest BCUT2D eigenvalue weighted by Crippen LogP contribution is 2.39. The molecule has 2 heterocycles. The number of hydrogen-bond donors (Lipinski definition) is 0. The van der Waals surface area contributed by atoms with E-state index >= 15 is 0 Å². The van der Waals surface area contributed by atoms with E-state index in [1.807, 2.05) is 0 Å². The average Bonchev–Trinajstić information content (AvgIpc) is 3.05. The van der Waals surface area contributed by atoms with Crippen LogP contribution in [0.2, 0.25) is 0 Å². The highest BCUT2D eigenvalue weighted by atomic mass is 16.5. The van der Waals surface area contributed by atoms with E-state index in [4.69, 9.17) is 4.52 Å². The fraction of sp³-hybridized carbons (Fsp3) is 0.857. The lowest BCUT2D eigenvalue weighted by atomic mass is 9.91. The third-order valence-corrected chi connectivity index (χ3v) is 4.20. The van der Waals surface area contributed by atoms with Gasteiger partial charge in [-0.05, 0) is 38.0 Å². The molecular formula is C14H23N3O. The first-order valence-electron chi connectivity index (χ1n) is 7.21. The maximum Gasteiger partial charge on any atom is 0.243 e. The average molecular weight is 249 g/mol. The summed E-state index contributed by atoms with van der Waals surface area (Å²) in [6, 6.07) is 0.259. The molecule has 4 nitrogen and oxygen atoms in total. The maximum absolute atomic E-state index is 5.45. The van der Waals surface area contributed by atoms with Crippen LogP contribution in [0.5, 0.6) is 0 Å². The minimum Gasteiger partial charge on any atom is -0.338 e. The zero-order valence-corrected chi connectivity index (χ0v) is 11.6. The molecule has 1 aromatic heterocycles. The third-order valence-electron chi connectivity index (χ3n) is 4.20. The molecule has 18 heavy (non-hydrogen) atoms. The predicted octanol–water partition coefficient (Wildman–Crippen LogP) is 2.99. The number of hydrogen-bond acceptors (Lipinski definition) is 4. The smallest absolute Gasteiger partial charge is 0.243 e. The van der Waals surface area contributed by atoms with Crippen molar-refractivity contribution in [2.75, 3.05) is 13.1 Å². The molecule has 1 saturated heterocycles. The molecule has 0 aromatic carbocycles. The molecule has 0 radical (unpaired) electrons. The number of likely N-dealkylation sites (tertiary alicyclic amines) is 1. The second-order valence-corrected chi connectivity index (χ2v) is 6.34. The molecule has 1 saturated carbocycles. The van der Waals surface area contributed by atoms with Gasteiger partial charge in [0.1, 0.15) is 0 Å². The summed E-state index contributed by atoms with van der Waals surface area (Å²) in [5, 5.41) is 4.12. The lowest BCUT2D eigenvalue weighted by molar-refractivity contribution is 0.0866. The number of piperidine rings is 1. The molecule has 1 aromatic rings. The summed E-state index contributed by atoms with van der Waals surface area (Å²) in [4.78, 5) is 7.07. The Bertz CT molecular complexity index is 403. The Morgan fingerprint density at radius 1 is 1.22 bits per heavy atom. The first kappa shape index (κ1) is 12.2. The fourth-order valence-corrected chi connectivity index (χ4v) is 3.11. The van der Waals surface area contributed by atoms with Crippen LogP contribution in [0, 0.1) is 11.8 Å². The minimum atomic E-state index is 0.259. The van der Waals surface area contributed by atoms with Crippen molar-refractivity contribution in [3.05, 3.63) is 11.7 Å². The van der Waals surface area contributed by atoms with E-state index in [-0.39, 0.29) is 6.04 Å². The molecule has 0 N–H and O–H groups in total. The van der Waals surface area contributed by atoms with Crippen LogP contribution in [-0.4, -0.2) is 28.1 Å². The molecule has 3 atom stereocenters. The van der Waals surface area contributed by atoms with E-state index in [1.165, 1.54) is 19.3 Å². The molecule has 4 heteroatoms. The Labute approximate surface area is 109 Å². The van der Waals surface area contributed by atoms with Crippen LogP contribution in [0.3, 0.4) is 0 Å². The van der Waals surface area contributed by atoms with Gasteiger partial charge in [0.05, 0.1) is 6.04 Å². The van der Waals surface area contributed by atoms with Crippen LogP contribution in [0.15, 0.2) is 4.52 Å². The summed E-state index contributed by atoms with van der Waals surface area (Å²) in [6.07, 6.45) is 3.79. The van der Waals surface area contributed by atoms with Crippen molar-refractivity contribution in [2.24, 2.45) is 11.8 Å². The quantitative estimate of drug-likeness (QED) is 0.826. The van der Waals surface area contributed by atoms with Crippen molar-refractivity contribution in [3.8, 4) is 0 Å². The zero-order valence-electron chi connectivity index (χ0n) is 11.6. The second kappa shape index (κ2) is 4.65. The van der Waals surface area contributed by atoms with Gasteiger partial charge >= 0.3 is 0 Å². The van der Waals surface area contributed by atoms with Crippen LogP contribution in [0.4, 0.5) is 0 Å². The van der Waals surface area contributed by atoms with E-state index in [9.17, 15) is 0 Å². The highest BCUT2D eigenvalue weighted by Gasteiger charge is 2.32. The lowest BCUT2D eigenvalue weighted by Gasteiger charge is -2.37. The molecule has 0 bridgehead atoms. The number of rotatable bonds is 3. The van der Waals surface area contributed by atoms with Crippen LogP contribution in [0.25, 0.3) is 0 Å². The molecule has 0 amide bonds. The third kappa shape index (κ3) is 2.44. The summed E-state index contributed by atoms with van der Waals surface area (Å²) in [7, 11) is 0. The largest absolute Gasteiger partial charge is 0.338 e. The Morgan fingerprint density at radius 2 is 1.89 bits per heavy atom. The molecule has 3 rings (SSSR count). The molecule has 100 valence electrons. The Balaban J connectivity index is 1.69. The maximum atomic E-state index is 5.45. The van der Waals surface area contributed by atoms with E-state index < -0.39 is 0 Å². The molecule has 1 aliphatic heterocycles. The molecule has 1 aliphatic carbocycles. The summed E-state index contributed by atoms with van der Waals surface area (Å²) in [5.74, 6) is 3.84. The topological polar surface area (TPSA) is 42.2 Å². The van der Waals surface area contributed by atoms with Crippen molar-refractivity contribution in [1.82, 2.24) is 15.0 Å². The lowest BCUT2D eigenvalue weighted by Crippen LogP contribution is -2.40. The summed E-state index contributed by atoms with van der Waals surface area (Å²) < 4.78 is 5.45. The Morgan fingerprint density at radius 3 is 2.50 bits per heavy atom. The number of nitrogens with zero attached hydrogens (tertiary/aromatic N) is 3. The minimum absolute atomic E-state index is 0.259. The van der Waals surface area contributed by atoms with Gasteiger partial charge in [-0.1, -0.05) is 19.0 Å². The van der Waals surface area contributed by atoms with Crippen LogP contribution >= 0.6 is 0 Å². The highest BCUT2D eigenvalue weighted by molar-refractivity contribution is 5.05. The van der Waals surface area contributed by atoms with Crippen molar-refractivity contribution >= 4 is 0 Å². The van der Waals surface area contributed by atoms with E-state index in [2.05, 4.69) is 35.8 Å². The number of aromatic nitrogens is 2. The monoisotopic (exact) mass is 249 g/mol. The van der Waals surface area contributed by atoms with Gasteiger partial charge in [0, 0.05) is 19.0 Å². The van der Waals surface area contributed by atoms with E-state index in [1.54, 1.807) is 0 Å².